The average molecular weight is 788 g/mol. The van der Waals surface area contributed by atoms with Crippen LogP contribution in [0.2, 0.25) is 0 Å². The maximum absolute atomic E-state index is 7.09. The van der Waals surface area contributed by atoms with Crippen molar-refractivity contribution < 1.29 is 4.42 Å². The first-order chi connectivity index (χ1) is 30.3. The summed E-state index contributed by atoms with van der Waals surface area (Å²) in [6.45, 7) is 0. The van der Waals surface area contributed by atoms with E-state index in [1.807, 2.05) is 0 Å². The molecule has 13 rings (SSSR count). The van der Waals surface area contributed by atoms with Crippen LogP contribution in [0.1, 0.15) is 80.0 Å². The minimum Gasteiger partial charge on any atom is -0.453 e. The van der Waals surface area contributed by atoms with Crippen LogP contribution in [-0.4, -0.2) is 6.04 Å². The SMILES string of the molecule is C1=CC2C3=C(CCCC3)C3(c4ccccc4-c4ccc(C5=CCC(N(c6ccc7ccccc7c6)c6cccc7c6oc6c(C8=CCCCC8)cccc67)C=C5)cc43)C2C=C1. The van der Waals surface area contributed by atoms with E-state index in [4.69, 9.17) is 4.42 Å². The third kappa shape index (κ3) is 5.21. The lowest BCUT2D eigenvalue weighted by atomic mass is 9.63. The van der Waals surface area contributed by atoms with Gasteiger partial charge in [-0.15, -0.1) is 0 Å². The summed E-state index contributed by atoms with van der Waals surface area (Å²) in [5, 5.41) is 4.86. The number of para-hydroxylation sites is 2. The smallest absolute Gasteiger partial charge is 0.159 e. The van der Waals surface area contributed by atoms with E-state index in [2.05, 4.69) is 175 Å². The van der Waals surface area contributed by atoms with Crippen LogP contribution in [0.25, 0.3) is 55.0 Å². The Labute approximate surface area is 358 Å². The molecule has 6 aliphatic rings. The Morgan fingerprint density at radius 1 is 0.590 bits per heavy atom. The molecule has 4 unspecified atom stereocenters. The monoisotopic (exact) mass is 787 g/mol. The molecule has 0 bridgehead atoms. The number of fused-ring (bicyclic) bond motifs is 13. The number of nitrogens with zero attached hydrogens (tertiary/aromatic N) is 1. The van der Waals surface area contributed by atoms with Crippen molar-refractivity contribution in [1.29, 1.82) is 0 Å². The summed E-state index contributed by atoms with van der Waals surface area (Å²) in [6.07, 6.45) is 30.1. The molecule has 1 aromatic heterocycles. The van der Waals surface area contributed by atoms with Crippen LogP contribution in [0.3, 0.4) is 0 Å². The van der Waals surface area contributed by atoms with Crippen molar-refractivity contribution in [1.82, 2.24) is 0 Å². The highest BCUT2D eigenvalue weighted by atomic mass is 16.3. The molecule has 61 heavy (non-hydrogen) atoms. The third-order valence-corrected chi connectivity index (χ3v) is 15.3. The van der Waals surface area contributed by atoms with E-state index in [-0.39, 0.29) is 11.5 Å². The van der Waals surface area contributed by atoms with Crippen molar-refractivity contribution in [2.24, 2.45) is 11.8 Å². The second-order valence-corrected chi connectivity index (χ2v) is 18.3. The molecule has 2 nitrogen and oxygen atoms in total. The highest BCUT2D eigenvalue weighted by Crippen LogP contribution is 2.66. The predicted octanol–water partition coefficient (Wildman–Crippen LogP) is 15.8. The first kappa shape index (κ1) is 35.4. The van der Waals surface area contributed by atoms with Crippen molar-refractivity contribution >= 4 is 55.2 Å². The number of hydrogen-bond acceptors (Lipinski definition) is 2. The van der Waals surface area contributed by atoms with Crippen molar-refractivity contribution in [2.45, 2.75) is 69.2 Å². The molecule has 0 radical (unpaired) electrons. The normalized spacial score (nSPS) is 23.6. The molecule has 0 aliphatic heterocycles. The Kier molecular flexibility index (Phi) is 8.02. The average Bonchev–Trinajstić information content (AvgIpc) is 3.97. The van der Waals surface area contributed by atoms with Crippen LogP contribution < -0.4 is 4.90 Å². The molecule has 1 spiro atoms. The predicted molar refractivity (Wildman–Crippen MR) is 255 cm³/mol. The molecule has 0 N–H and O–H groups in total. The van der Waals surface area contributed by atoms with Gasteiger partial charge in [0, 0.05) is 39.3 Å². The summed E-state index contributed by atoms with van der Waals surface area (Å²) in [6, 6.07) is 45.9. The van der Waals surface area contributed by atoms with Gasteiger partial charge in [-0.25, -0.2) is 0 Å². The molecule has 0 amide bonds. The second kappa shape index (κ2) is 13.8. The van der Waals surface area contributed by atoms with Crippen molar-refractivity contribution in [2.75, 3.05) is 4.90 Å². The van der Waals surface area contributed by atoms with Gasteiger partial charge in [-0.05, 0) is 132 Å². The zero-order valence-corrected chi connectivity index (χ0v) is 34.6. The first-order valence-corrected chi connectivity index (χ1v) is 22.9. The fraction of sp³-hybridized carbons (Fsp3) is 0.220. The van der Waals surface area contributed by atoms with E-state index in [1.54, 1.807) is 11.1 Å². The van der Waals surface area contributed by atoms with Gasteiger partial charge in [0.2, 0.25) is 0 Å². The Hall–Kier alpha value is -6.38. The van der Waals surface area contributed by atoms with E-state index in [9.17, 15) is 0 Å². The lowest BCUT2D eigenvalue weighted by Gasteiger charge is -2.38. The lowest BCUT2D eigenvalue weighted by molar-refractivity contribution is 0.424. The summed E-state index contributed by atoms with van der Waals surface area (Å²) < 4.78 is 7.09. The maximum Gasteiger partial charge on any atom is 0.159 e. The van der Waals surface area contributed by atoms with Gasteiger partial charge in [-0.1, -0.05) is 157 Å². The summed E-state index contributed by atoms with van der Waals surface area (Å²) in [4.78, 5) is 2.54. The molecule has 0 fully saturated rings. The molecule has 4 atom stereocenters. The highest BCUT2D eigenvalue weighted by Gasteiger charge is 2.58. The van der Waals surface area contributed by atoms with E-state index < -0.39 is 0 Å². The molecule has 0 saturated carbocycles. The number of anilines is 2. The van der Waals surface area contributed by atoms with Gasteiger partial charge in [0.25, 0.3) is 0 Å². The van der Waals surface area contributed by atoms with Crippen LogP contribution >= 0.6 is 0 Å². The first-order valence-electron chi connectivity index (χ1n) is 22.9. The van der Waals surface area contributed by atoms with Crippen LogP contribution in [0.4, 0.5) is 11.4 Å². The minimum atomic E-state index is -0.101. The Morgan fingerprint density at radius 3 is 2.30 bits per heavy atom. The summed E-state index contributed by atoms with van der Waals surface area (Å²) in [5.74, 6) is 0.913. The van der Waals surface area contributed by atoms with Crippen molar-refractivity contribution in [3.63, 3.8) is 0 Å². The molecule has 6 aromatic carbocycles. The molecular weight excluding hydrogens is 739 g/mol. The molecule has 7 aromatic rings. The standard InChI is InChI=1S/C59H49NO/c1-2-15-40(16-3-1)45-21-12-22-50-51-23-13-27-56(58(51)61-57(45)50)60(44-34-30-38-14-4-5-17-41(38)36-44)43-32-28-39(29-33-43)42-31-35-49-48-20-8-11-26-54(48)59(55(49)37-42)52-24-9-6-18-46(52)47-19-7-10-25-53(47)59/h4-6,8-9,11-15,17-18,20-24,26-32,34-37,43,46,52H,1-3,7,10,16,19,25,33H2. The van der Waals surface area contributed by atoms with Crippen molar-refractivity contribution in [3.05, 3.63) is 203 Å². The molecule has 296 valence electrons. The van der Waals surface area contributed by atoms with Crippen molar-refractivity contribution in [3.8, 4) is 11.1 Å². The van der Waals surface area contributed by atoms with Gasteiger partial charge in [0.1, 0.15) is 5.58 Å². The van der Waals surface area contributed by atoms with E-state index in [0.717, 1.165) is 36.1 Å². The second-order valence-electron chi connectivity index (χ2n) is 18.3. The number of hydrogen-bond donors (Lipinski definition) is 0. The van der Waals surface area contributed by atoms with E-state index in [1.165, 1.54) is 110 Å². The zero-order valence-electron chi connectivity index (χ0n) is 34.6. The molecule has 2 heteroatoms. The topological polar surface area (TPSA) is 16.4 Å². The molecular formula is C59H49NO. The van der Waals surface area contributed by atoms with Crippen LogP contribution in [0, 0.1) is 11.8 Å². The fourth-order valence-electron chi connectivity index (χ4n) is 12.7. The number of furan rings is 1. The summed E-state index contributed by atoms with van der Waals surface area (Å²) in [7, 11) is 0. The quantitative estimate of drug-likeness (QED) is 0.162. The van der Waals surface area contributed by atoms with Gasteiger partial charge in [-0.2, -0.15) is 0 Å². The van der Waals surface area contributed by atoms with E-state index >= 15 is 0 Å². The highest BCUT2D eigenvalue weighted by molar-refractivity contribution is 6.12. The van der Waals surface area contributed by atoms with Gasteiger partial charge in [0.15, 0.2) is 5.58 Å². The van der Waals surface area contributed by atoms with Gasteiger partial charge >= 0.3 is 0 Å². The Balaban J connectivity index is 0.921. The summed E-state index contributed by atoms with van der Waals surface area (Å²) >= 11 is 0. The zero-order chi connectivity index (χ0) is 40.1. The van der Waals surface area contributed by atoms with Crippen LogP contribution in [0.5, 0.6) is 0 Å². The van der Waals surface area contributed by atoms with Gasteiger partial charge in [0.05, 0.1) is 11.7 Å². The Morgan fingerprint density at radius 2 is 1.39 bits per heavy atom. The van der Waals surface area contributed by atoms with E-state index in [0.29, 0.717) is 11.8 Å². The largest absolute Gasteiger partial charge is 0.453 e. The van der Waals surface area contributed by atoms with Crippen LogP contribution in [-0.2, 0) is 5.41 Å². The summed E-state index contributed by atoms with van der Waals surface area (Å²) in [5.41, 5.74) is 18.8. The molecule has 1 heterocycles. The Bertz CT molecular complexity index is 3160. The lowest BCUT2D eigenvalue weighted by Crippen LogP contribution is -2.35. The molecule has 6 aliphatic carbocycles. The number of benzene rings is 6. The number of rotatable bonds is 5. The van der Waals surface area contributed by atoms with Gasteiger partial charge < -0.3 is 9.32 Å². The number of allylic oxidation sites excluding steroid dienone is 10. The fourth-order valence-corrected chi connectivity index (χ4v) is 12.7. The maximum atomic E-state index is 7.09. The minimum absolute atomic E-state index is 0.0963. The van der Waals surface area contributed by atoms with Crippen LogP contribution in [0.15, 0.2) is 185 Å². The third-order valence-electron chi connectivity index (χ3n) is 15.3. The van der Waals surface area contributed by atoms with Gasteiger partial charge in [-0.3, -0.25) is 0 Å². The molecule has 0 saturated heterocycles.